The number of amides is 2. The zero-order valence-electron chi connectivity index (χ0n) is 15.1. The number of hydrogen-bond donors (Lipinski definition) is 4. The molecule has 0 saturated carbocycles. The highest BCUT2D eigenvalue weighted by molar-refractivity contribution is 7.88. The number of carbonyl (C=O) groups excluding carboxylic acids is 2. The molecule has 0 aliphatic carbocycles. The molecule has 148 valence electrons. The van der Waals surface area contributed by atoms with Gasteiger partial charge in [0.05, 0.1) is 17.6 Å². The molecule has 2 amide bonds. The molecule has 4 N–H and O–H groups in total. The second-order valence-corrected chi connectivity index (χ2v) is 9.22. The highest BCUT2D eigenvalue weighted by Gasteiger charge is 2.12. The van der Waals surface area contributed by atoms with Crippen LogP contribution in [0.15, 0.2) is 42.6 Å². The van der Waals surface area contributed by atoms with Gasteiger partial charge in [-0.1, -0.05) is 18.2 Å². The van der Waals surface area contributed by atoms with Gasteiger partial charge in [0.1, 0.15) is 0 Å². The fraction of sp³-hybridized carbons (Fsp3) is 0.222. The van der Waals surface area contributed by atoms with Gasteiger partial charge in [-0.3, -0.25) is 20.4 Å². The second-order valence-electron chi connectivity index (χ2n) is 6.22. The van der Waals surface area contributed by atoms with Crippen LogP contribution in [0.2, 0.25) is 0 Å². The van der Waals surface area contributed by atoms with Gasteiger partial charge in [0.15, 0.2) is 0 Å². The van der Waals surface area contributed by atoms with E-state index in [0.717, 1.165) is 27.6 Å². The Morgan fingerprint density at radius 3 is 2.68 bits per heavy atom. The van der Waals surface area contributed by atoms with Crippen molar-refractivity contribution in [1.29, 1.82) is 0 Å². The van der Waals surface area contributed by atoms with Crippen LogP contribution < -0.4 is 15.6 Å². The Kier molecular flexibility index (Phi) is 6.12. The Bertz CT molecular complexity index is 1100. The van der Waals surface area contributed by atoms with E-state index in [4.69, 9.17) is 0 Å². The molecule has 0 atom stereocenters. The van der Waals surface area contributed by atoms with Gasteiger partial charge in [0, 0.05) is 28.5 Å². The Balaban J connectivity index is 1.49. The summed E-state index contributed by atoms with van der Waals surface area (Å²) in [7, 11) is -3.23. The van der Waals surface area contributed by atoms with Crippen LogP contribution in [0.25, 0.3) is 10.9 Å². The number of hydrogen-bond acceptors (Lipinski definition) is 5. The molecule has 0 aliphatic rings. The molecule has 0 saturated heterocycles. The summed E-state index contributed by atoms with van der Waals surface area (Å²) in [4.78, 5) is 28.7. The normalized spacial score (nSPS) is 11.5. The molecule has 0 bridgehead atoms. The predicted octanol–water partition coefficient (Wildman–Crippen LogP) is 1.32. The SMILES string of the molecule is CS(=O)(=O)NCCc1ccc(C(=O)NNC(=O)Cc2c[nH]c3ccccc23)s1. The third kappa shape index (κ3) is 5.41. The van der Waals surface area contributed by atoms with Crippen LogP contribution in [0.3, 0.4) is 0 Å². The summed E-state index contributed by atoms with van der Waals surface area (Å²) < 4.78 is 24.5. The van der Waals surface area contributed by atoms with Crippen molar-refractivity contribution < 1.29 is 18.0 Å². The lowest BCUT2D eigenvalue weighted by atomic mass is 10.1. The van der Waals surface area contributed by atoms with Gasteiger partial charge < -0.3 is 4.98 Å². The van der Waals surface area contributed by atoms with E-state index in [9.17, 15) is 18.0 Å². The number of H-pyrrole nitrogens is 1. The van der Waals surface area contributed by atoms with E-state index < -0.39 is 15.9 Å². The van der Waals surface area contributed by atoms with Gasteiger partial charge in [-0.05, 0) is 30.2 Å². The first-order chi connectivity index (χ1) is 13.3. The lowest BCUT2D eigenvalue weighted by Gasteiger charge is -2.06. The molecule has 28 heavy (non-hydrogen) atoms. The first-order valence-electron chi connectivity index (χ1n) is 8.49. The first-order valence-corrected chi connectivity index (χ1v) is 11.2. The minimum Gasteiger partial charge on any atom is -0.361 e. The highest BCUT2D eigenvalue weighted by Crippen LogP contribution is 2.18. The van der Waals surface area contributed by atoms with Gasteiger partial charge >= 0.3 is 0 Å². The molecular weight excluding hydrogens is 400 g/mol. The van der Waals surface area contributed by atoms with E-state index in [1.165, 1.54) is 11.3 Å². The fourth-order valence-corrected chi connectivity index (χ4v) is 4.05. The Morgan fingerprint density at radius 2 is 1.89 bits per heavy atom. The molecule has 0 fully saturated rings. The van der Waals surface area contributed by atoms with Crippen LogP contribution in [0.1, 0.15) is 20.1 Å². The number of hydrazine groups is 1. The Labute approximate surface area is 166 Å². The van der Waals surface area contributed by atoms with Gasteiger partial charge in [-0.25, -0.2) is 13.1 Å². The van der Waals surface area contributed by atoms with E-state index in [2.05, 4.69) is 20.6 Å². The molecule has 1 aromatic carbocycles. The Morgan fingerprint density at radius 1 is 1.11 bits per heavy atom. The van der Waals surface area contributed by atoms with Crippen molar-refractivity contribution in [3.63, 3.8) is 0 Å². The van der Waals surface area contributed by atoms with Crippen molar-refractivity contribution in [1.82, 2.24) is 20.6 Å². The van der Waals surface area contributed by atoms with Crippen LogP contribution in [-0.4, -0.2) is 38.0 Å². The molecule has 3 rings (SSSR count). The van der Waals surface area contributed by atoms with Gasteiger partial charge in [-0.2, -0.15) is 0 Å². The van der Waals surface area contributed by atoms with Gasteiger partial charge in [0.2, 0.25) is 15.9 Å². The number of carbonyl (C=O) groups is 2. The van der Waals surface area contributed by atoms with Crippen LogP contribution in [0, 0.1) is 0 Å². The largest absolute Gasteiger partial charge is 0.361 e. The number of benzene rings is 1. The summed E-state index contributed by atoms with van der Waals surface area (Å²) in [6.45, 7) is 0.266. The Hall–Kier alpha value is -2.69. The summed E-state index contributed by atoms with van der Waals surface area (Å²) in [6, 6.07) is 11.1. The fourth-order valence-electron chi connectivity index (χ4n) is 2.68. The maximum atomic E-state index is 12.2. The lowest BCUT2D eigenvalue weighted by molar-refractivity contribution is -0.121. The predicted molar refractivity (Wildman–Crippen MR) is 108 cm³/mol. The van der Waals surface area contributed by atoms with Gasteiger partial charge in [0.25, 0.3) is 5.91 Å². The number of sulfonamides is 1. The number of aromatic amines is 1. The monoisotopic (exact) mass is 420 g/mol. The summed E-state index contributed by atoms with van der Waals surface area (Å²) >= 11 is 1.25. The van der Waals surface area contributed by atoms with Crippen molar-refractivity contribution in [3.8, 4) is 0 Å². The van der Waals surface area contributed by atoms with Crippen molar-refractivity contribution in [2.45, 2.75) is 12.8 Å². The summed E-state index contributed by atoms with van der Waals surface area (Å²) in [5.41, 5.74) is 6.62. The molecule has 3 aromatic rings. The summed E-state index contributed by atoms with van der Waals surface area (Å²) in [5.74, 6) is -0.744. The zero-order chi connectivity index (χ0) is 20.1. The number of nitrogens with one attached hydrogen (secondary N) is 4. The molecule has 8 nitrogen and oxygen atoms in total. The molecule has 0 unspecified atom stereocenters. The third-order valence-electron chi connectivity index (χ3n) is 3.96. The second kappa shape index (κ2) is 8.55. The van der Waals surface area contributed by atoms with Crippen molar-refractivity contribution >= 4 is 44.1 Å². The number of rotatable bonds is 7. The average molecular weight is 421 g/mol. The summed E-state index contributed by atoms with van der Waals surface area (Å²) in [6.07, 6.45) is 3.50. The van der Waals surface area contributed by atoms with E-state index in [-0.39, 0.29) is 18.9 Å². The number of fused-ring (bicyclic) bond motifs is 1. The molecule has 0 aliphatic heterocycles. The quantitative estimate of drug-likeness (QED) is 0.431. The number of aromatic nitrogens is 1. The first kappa shape index (κ1) is 20.1. The minimum atomic E-state index is -3.23. The molecule has 2 aromatic heterocycles. The third-order valence-corrected chi connectivity index (χ3v) is 5.83. The van der Waals surface area contributed by atoms with E-state index in [1.54, 1.807) is 18.3 Å². The standard InChI is InChI=1S/C18H20N4O4S2/c1-28(25,26)20-9-8-13-6-7-16(27-13)18(24)22-21-17(23)10-12-11-19-15-5-3-2-4-14(12)15/h2-7,11,19-20H,8-10H2,1H3,(H,21,23)(H,22,24). The highest BCUT2D eigenvalue weighted by atomic mass is 32.2. The minimum absolute atomic E-state index is 0.136. The van der Waals surface area contributed by atoms with Crippen LogP contribution in [-0.2, 0) is 27.7 Å². The van der Waals surface area contributed by atoms with E-state index in [0.29, 0.717) is 11.3 Å². The van der Waals surface area contributed by atoms with E-state index >= 15 is 0 Å². The number of para-hydroxylation sites is 1. The van der Waals surface area contributed by atoms with Crippen LogP contribution in [0.4, 0.5) is 0 Å². The van der Waals surface area contributed by atoms with Crippen LogP contribution in [0.5, 0.6) is 0 Å². The molecule has 0 spiro atoms. The molecule has 2 heterocycles. The van der Waals surface area contributed by atoms with Crippen molar-refractivity contribution in [3.05, 3.63) is 57.9 Å². The zero-order valence-corrected chi connectivity index (χ0v) is 16.7. The van der Waals surface area contributed by atoms with Crippen LogP contribution >= 0.6 is 11.3 Å². The smallest absolute Gasteiger partial charge is 0.279 e. The topological polar surface area (TPSA) is 120 Å². The molecule has 0 radical (unpaired) electrons. The number of thiophene rings is 1. The van der Waals surface area contributed by atoms with Crippen molar-refractivity contribution in [2.75, 3.05) is 12.8 Å². The summed E-state index contributed by atoms with van der Waals surface area (Å²) in [5, 5.41) is 0.967. The lowest BCUT2D eigenvalue weighted by Crippen LogP contribution is -2.42. The van der Waals surface area contributed by atoms with E-state index in [1.807, 2.05) is 24.3 Å². The maximum absolute atomic E-state index is 12.2. The average Bonchev–Trinajstić information content (AvgIpc) is 3.26. The molecular formula is C18H20N4O4S2. The maximum Gasteiger partial charge on any atom is 0.279 e. The van der Waals surface area contributed by atoms with Crippen molar-refractivity contribution in [2.24, 2.45) is 0 Å². The van der Waals surface area contributed by atoms with Gasteiger partial charge in [-0.15, -0.1) is 11.3 Å². The molecule has 10 heteroatoms.